The maximum atomic E-state index is 12.8. The van der Waals surface area contributed by atoms with E-state index < -0.39 is 10.0 Å². The van der Waals surface area contributed by atoms with Crippen LogP contribution >= 0.6 is 15.9 Å². The van der Waals surface area contributed by atoms with Crippen LogP contribution in [-0.4, -0.2) is 80.7 Å². The van der Waals surface area contributed by atoms with Crippen molar-refractivity contribution in [3.63, 3.8) is 0 Å². The molecule has 2 N–H and O–H groups in total. The number of primary sulfonamides is 1. The number of likely N-dealkylation sites (N-methyl/N-ethyl adjacent to an activating group) is 1. The highest BCUT2D eigenvalue weighted by Gasteiger charge is 2.26. The number of nitrogens with zero attached hydrogens (tertiary/aromatic N) is 3. The lowest BCUT2D eigenvalue weighted by atomic mass is 10.2. The molecule has 2 amide bonds. The minimum atomic E-state index is -3.88. The smallest absolute Gasteiger partial charge is 0.255 e. The molecule has 1 aromatic rings. The van der Waals surface area contributed by atoms with Crippen molar-refractivity contribution in [2.75, 3.05) is 45.8 Å². The number of sulfonamides is 1. The molecule has 8 nitrogen and oxygen atoms in total. The largest absolute Gasteiger partial charge is 0.342 e. The van der Waals surface area contributed by atoms with E-state index in [0.717, 1.165) is 0 Å². The lowest BCUT2D eigenvalue weighted by molar-refractivity contribution is -0.132. The Morgan fingerprint density at radius 3 is 2.26 bits per heavy atom. The maximum Gasteiger partial charge on any atom is 0.255 e. The summed E-state index contributed by atoms with van der Waals surface area (Å²) in [7, 11) is -3.88. The molecule has 0 aliphatic carbocycles. The van der Waals surface area contributed by atoms with E-state index in [-0.39, 0.29) is 22.3 Å². The molecule has 0 bridgehead atoms. The first-order valence-corrected chi connectivity index (χ1v) is 11.1. The zero-order valence-corrected chi connectivity index (χ0v) is 17.9. The van der Waals surface area contributed by atoms with Crippen LogP contribution in [0, 0.1) is 0 Å². The number of carbonyl (C=O) groups is 2. The zero-order chi connectivity index (χ0) is 20.2. The summed E-state index contributed by atoms with van der Waals surface area (Å²) in [5, 5.41) is 5.16. The van der Waals surface area contributed by atoms with Gasteiger partial charge in [-0.15, -0.1) is 0 Å². The van der Waals surface area contributed by atoms with Gasteiger partial charge in [-0.2, -0.15) is 0 Å². The number of halogens is 1. The molecule has 1 saturated heterocycles. The van der Waals surface area contributed by atoms with Gasteiger partial charge in [-0.05, 0) is 48.0 Å². The molecule has 0 atom stereocenters. The van der Waals surface area contributed by atoms with Crippen LogP contribution in [0.1, 0.15) is 24.2 Å². The molecule has 0 unspecified atom stereocenters. The van der Waals surface area contributed by atoms with Gasteiger partial charge < -0.3 is 9.80 Å². The molecule has 0 aromatic heterocycles. The van der Waals surface area contributed by atoms with E-state index in [9.17, 15) is 18.0 Å². The molecule has 1 aliphatic heterocycles. The minimum Gasteiger partial charge on any atom is -0.342 e. The first kappa shape index (κ1) is 21.8. The van der Waals surface area contributed by atoms with Gasteiger partial charge in [-0.3, -0.25) is 14.5 Å². The van der Waals surface area contributed by atoms with E-state index in [2.05, 4.69) is 15.9 Å². The summed E-state index contributed by atoms with van der Waals surface area (Å²) >= 11 is 3.30. The van der Waals surface area contributed by atoms with Gasteiger partial charge in [-0.25, -0.2) is 13.6 Å². The number of carbonyl (C=O) groups excluding carboxylic acids is 2. The van der Waals surface area contributed by atoms with E-state index in [0.29, 0.717) is 50.3 Å². The lowest BCUT2D eigenvalue weighted by Crippen LogP contribution is -2.51. The van der Waals surface area contributed by atoms with Crippen LogP contribution < -0.4 is 5.14 Å². The molecule has 1 aliphatic rings. The van der Waals surface area contributed by atoms with Crippen molar-refractivity contribution in [1.29, 1.82) is 0 Å². The molecule has 10 heteroatoms. The standard InChI is InChI=1S/C17H25BrN4O4S/c1-3-21(4-2)16(23)12-20-7-9-22(10-8-20)17(24)14-11-13(27(19,25)26)5-6-15(14)18/h5-6,11H,3-4,7-10,12H2,1-2H3,(H2,19,25,26). The fourth-order valence-electron chi connectivity index (χ4n) is 2.99. The van der Waals surface area contributed by atoms with Gasteiger partial charge in [0, 0.05) is 43.7 Å². The van der Waals surface area contributed by atoms with E-state index in [1.807, 2.05) is 18.7 Å². The third kappa shape index (κ3) is 5.50. The van der Waals surface area contributed by atoms with Crippen molar-refractivity contribution in [2.24, 2.45) is 5.14 Å². The number of benzene rings is 1. The lowest BCUT2D eigenvalue weighted by Gasteiger charge is -2.35. The third-order valence-electron chi connectivity index (χ3n) is 4.63. The monoisotopic (exact) mass is 460 g/mol. The Labute approximate surface area is 168 Å². The molecule has 1 fully saturated rings. The van der Waals surface area contributed by atoms with E-state index in [1.54, 1.807) is 9.80 Å². The van der Waals surface area contributed by atoms with Crippen LogP contribution in [0.3, 0.4) is 0 Å². The predicted molar refractivity (Wildman–Crippen MR) is 106 cm³/mol. The van der Waals surface area contributed by atoms with Crippen molar-refractivity contribution in [1.82, 2.24) is 14.7 Å². The second kappa shape index (κ2) is 9.13. The first-order valence-electron chi connectivity index (χ1n) is 8.79. The topological polar surface area (TPSA) is 104 Å². The minimum absolute atomic E-state index is 0.0865. The summed E-state index contributed by atoms with van der Waals surface area (Å²) in [6.45, 7) is 7.72. The van der Waals surface area contributed by atoms with Crippen molar-refractivity contribution < 1.29 is 18.0 Å². The van der Waals surface area contributed by atoms with Crippen LogP contribution in [0.4, 0.5) is 0 Å². The van der Waals surface area contributed by atoms with Crippen LogP contribution in [0.15, 0.2) is 27.6 Å². The van der Waals surface area contributed by atoms with Gasteiger partial charge in [0.25, 0.3) is 5.91 Å². The van der Waals surface area contributed by atoms with Crippen LogP contribution in [0.25, 0.3) is 0 Å². The summed E-state index contributed by atoms with van der Waals surface area (Å²) in [6.07, 6.45) is 0. The van der Waals surface area contributed by atoms with Crippen molar-refractivity contribution in [3.8, 4) is 0 Å². The Balaban J connectivity index is 2.02. The number of rotatable bonds is 6. The fraction of sp³-hybridized carbons (Fsp3) is 0.529. The third-order valence-corrected chi connectivity index (χ3v) is 6.23. The number of amides is 2. The quantitative estimate of drug-likeness (QED) is 0.673. The predicted octanol–water partition coefficient (Wildman–Crippen LogP) is 0.723. The van der Waals surface area contributed by atoms with Crippen LogP contribution in [0.2, 0.25) is 0 Å². The van der Waals surface area contributed by atoms with E-state index in [1.165, 1.54) is 18.2 Å². The Morgan fingerprint density at radius 2 is 1.74 bits per heavy atom. The Morgan fingerprint density at radius 1 is 1.15 bits per heavy atom. The Kier molecular flexibility index (Phi) is 7.38. The van der Waals surface area contributed by atoms with Gasteiger partial charge in [0.2, 0.25) is 15.9 Å². The molecule has 1 aromatic carbocycles. The van der Waals surface area contributed by atoms with Crippen molar-refractivity contribution in [2.45, 2.75) is 18.7 Å². The average molecular weight is 461 g/mol. The molecule has 2 rings (SSSR count). The summed E-state index contributed by atoms with van der Waals surface area (Å²) < 4.78 is 23.6. The van der Waals surface area contributed by atoms with Gasteiger partial charge in [-0.1, -0.05) is 0 Å². The summed E-state index contributed by atoms with van der Waals surface area (Å²) in [4.78, 5) is 30.4. The highest BCUT2D eigenvalue weighted by molar-refractivity contribution is 9.10. The summed E-state index contributed by atoms with van der Waals surface area (Å²) in [6, 6.07) is 4.15. The van der Waals surface area contributed by atoms with Gasteiger partial charge in [0.1, 0.15) is 0 Å². The van der Waals surface area contributed by atoms with Crippen LogP contribution in [0.5, 0.6) is 0 Å². The number of nitrogens with two attached hydrogens (primary N) is 1. The molecule has 1 heterocycles. The summed E-state index contributed by atoms with van der Waals surface area (Å²) in [5.41, 5.74) is 0.259. The van der Waals surface area contributed by atoms with E-state index in [4.69, 9.17) is 5.14 Å². The molecule has 0 saturated carbocycles. The highest BCUT2D eigenvalue weighted by atomic mass is 79.9. The second-order valence-electron chi connectivity index (χ2n) is 6.32. The molecular weight excluding hydrogens is 436 g/mol. The number of hydrogen-bond acceptors (Lipinski definition) is 5. The zero-order valence-electron chi connectivity index (χ0n) is 15.5. The molecule has 0 radical (unpaired) electrons. The highest BCUT2D eigenvalue weighted by Crippen LogP contribution is 2.22. The average Bonchev–Trinajstić information content (AvgIpc) is 2.62. The van der Waals surface area contributed by atoms with Crippen LogP contribution in [-0.2, 0) is 14.8 Å². The van der Waals surface area contributed by atoms with Gasteiger partial charge in [0.05, 0.1) is 17.0 Å². The molecule has 0 spiro atoms. The maximum absolute atomic E-state index is 12.8. The second-order valence-corrected chi connectivity index (χ2v) is 8.74. The normalized spacial score (nSPS) is 15.6. The fourth-order valence-corrected chi connectivity index (χ4v) is 3.95. The van der Waals surface area contributed by atoms with Gasteiger partial charge >= 0.3 is 0 Å². The van der Waals surface area contributed by atoms with Crippen molar-refractivity contribution >= 4 is 37.8 Å². The Hall–Kier alpha value is -1.49. The Bertz CT molecular complexity index is 803. The number of hydrogen-bond donors (Lipinski definition) is 1. The van der Waals surface area contributed by atoms with E-state index >= 15 is 0 Å². The van der Waals surface area contributed by atoms with Gasteiger partial charge in [0.15, 0.2) is 0 Å². The molecule has 27 heavy (non-hydrogen) atoms. The summed E-state index contributed by atoms with van der Waals surface area (Å²) in [5.74, 6) is -0.175. The molecular formula is C17H25BrN4O4S. The SMILES string of the molecule is CCN(CC)C(=O)CN1CCN(C(=O)c2cc(S(N)(=O)=O)ccc2Br)CC1. The van der Waals surface area contributed by atoms with Crippen molar-refractivity contribution in [3.05, 3.63) is 28.2 Å². The number of piperazine rings is 1. The first-order chi connectivity index (χ1) is 12.7. The molecule has 150 valence electrons.